The summed E-state index contributed by atoms with van der Waals surface area (Å²) in [6, 6.07) is 5.93. The molecular weight excluding hydrogens is 294 g/mol. The number of ether oxygens (including phenoxy) is 1. The number of aromatic nitrogens is 1. The second-order valence-corrected chi connectivity index (χ2v) is 5.59. The highest BCUT2D eigenvalue weighted by atomic mass is 79.9. The minimum absolute atomic E-state index is 0.0152. The van der Waals surface area contributed by atoms with Crippen LogP contribution in [0.2, 0.25) is 0 Å². The molecular formula is C14H14BrNO2. The lowest BCUT2D eigenvalue weighted by Crippen LogP contribution is -2.25. The Morgan fingerprint density at radius 2 is 2.33 bits per heavy atom. The van der Waals surface area contributed by atoms with Gasteiger partial charge in [0.2, 0.25) is 0 Å². The van der Waals surface area contributed by atoms with Crippen LogP contribution in [0.25, 0.3) is 10.9 Å². The van der Waals surface area contributed by atoms with Gasteiger partial charge >= 0.3 is 0 Å². The highest BCUT2D eigenvalue weighted by Gasteiger charge is 2.24. The highest BCUT2D eigenvalue weighted by molar-refractivity contribution is 9.10. The fourth-order valence-electron chi connectivity index (χ4n) is 2.47. The van der Waals surface area contributed by atoms with Crippen LogP contribution in [0.15, 0.2) is 28.9 Å². The summed E-state index contributed by atoms with van der Waals surface area (Å²) in [4.78, 5) is 15.6. The lowest BCUT2D eigenvalue weighted by Gasteiger charge is -2.20. The summed E-state index contributed by atoms with van der Waals surface area (Å²) in [5, 5.41) is 0.994. The van der Waals surface area contributed by atoms with E-state index < -0.39 is 0 Å². The van der Waals surface area contributed by atoms with E-state index in [1.165, 1.54) is 0 Å². The van der Waals surface area contributed by atoms with Crippen LogP contribution in [0.3, 0.4) is 0 Å². The molecule has 94 valence electrons. The summed E-state index contributed by atoms with van der Waals surface area (Å²) >= 11 is 3.43. The van der Waals surface area contributed by atoms with Gasteiger partial charge in [0.1, 0.15) is 0 Å². The Morgan fingerprint density at radius 1 is 1.44 bits per heavy atom. The minimum Gasteiger partial charge on any atom is -0.381 e. The number of halogens is 1. The van der Waals surface area contributed by atoms with Crippen molar-refractivity contribution in [3.05, 3.63) is 34.4 Å². The maximum absolute atomic E-state index is 12.4. The minimum atomic E-state index is 0.0152. The van der Waals surface area contributed by atoms with E-state index in [1.807, 2.05) is 24.4 Å². The van der Waals surface area contributed by atoms with Gasteiger partial charge in [0.05, 0.1) is 6.61 Å². The molecule has 2 aromatic rings. The third-order valence-electron chi connectivity index (χ3n) is 3.44. The standard InChI is InChI=1S/C14H14BrNO2/c15-10-3-4-11-12(7-16-13(11)6-10)14(17)9-2-1-5-18-8-9/h3-4,6-7,9,16H,1-2,5,8H2. The smallest absolute Gasteiger partial charge is 0.170 e. The zero-order chi connectivity index (χ0) is 12.5. The van der Waals surface area contributed by atoms with E-state index in [9.17, 15) is 4.79 Å². The molecule has 0 saturated carbocycles. The van der Waals surface area contributed by atoms with E-state index >= 15 is 0 Å². The van der Waals surface area contributed by atoms with Gasteiger partial charge in [-0.15, -0.1) is 0 Å². The number of aromatic amines is 1. The van der Waals surface area contributed by atoms with Crippen molar-refractivity contribution in [2.24, 2.45) is 5.92 Å². The molecule has 0 bridgehead atoms. The molecule has 1 N–H and O–H groups in total. The molecule has 0 aliphatic carbocycles. The van der Waals surface area contributed by atoms with E-state index in [1.54, 1.807) is 0 Å². The van der Waals surface area contributed by atoms with Crippen LogP contribution in [0.1, 0.15) is 23.2 Å². The van der Waals surface area contributed by atoms with Crippen molar-refractivity contribution in [3.63, 3.8) is 0 Å². The van der Waals surface area contributed by atoms with Gasteiger partial charge in [0, 0.05) is 39.7 Å². The average molecular weight is 308 g/mol. The SMILES string of the molecule is O=C(c1c[nH]c2cc(Br)ccc12)C1CCCOC1. The van der Waals surface area contributed by atoms with Crippen molar-refractivity contribution < 1.29 is 9.53 Å². The number of hydrogen-bond donors (Lipinski definition) is 1. The van der Waals surface area contributed by atoms with E-state index in [0.717, 1.165) is 40.4 Å². The number of benzene rings is 1. The molecule has 0 amide bonds. The van der Waals surface area contributed by atoms with Gasteiger partial charge in [-0.25, -0.2) is 0 Å². The number of H-pyrrole nitrogens is 1. The number of rotatable bonds is 2. The van der Waals surface area contributed by atoms with Crippen LogP contribution in [-0.4, -0.2) is 24.0 Å². The Bertz CT molecular complexity index is 584. The number of carbonyl (C=O) groups excluding carboxylic acids is 1. The second kappa shape index (κ2) is 4.86. The quantitative estimate of drug-likeness (QED) is 0.862. The lowest BCUT2D eigenvalue weighted by molar-refractivity contribution is 0.0462. The van der Waals surface area contributed by atoms with Crippen LogP contribution in [0.5, 0.6) is 0 Å². The largest absolute Gasteiger partial charge is 0.381 e. The molecule has 18 heavy (non-hydrogen) atoms. The summed E-state index contributed by atoms with van der Waals surface area (Å²) in [5.41, 5.74) is 1.78. The van der Waals surface area contributed by atoms with Crippen LogP contribution in [0.4, 0.5) is 0 Å². The first-order chi connectivity index (χ1) is 8.75. The molecule has 0 spiro atoms. The Morgan fingerprint density at radius 3 is 3.11 bits per heavy atom. The Hall–Kier alpha value is -1.13. The van der Waals surface area contributed by atoms with E-state index in [4.69, 9.17) is 4.74 Å². The first kappa shape index (κ1) is 11.9. The predicted molar refractivity (Wildman–Crippen MR) is 73.9 cm³/mol. The monoisotopic (exact) mass is 307 g/mol. The van der Waals surface area contributed by atoms with Crippen molar-refractivity contribution in [2.75, 3.05) is 13.2 Å². The van der Waals surface area contributed by atoms with Crippen LogP contribution in [0, 0.1) is 5.92 Å². The molecule has 1 aromatic carbocycles. The zero-order valence-corrected chi connectivity index (χ0v) is 11.5. The van der Waals surface area contributed by atoms with Gasteiger partial charge in [-0.05, 0) is 25.0 Å². The molecule has 1 aliphatic rings. The lowest BCUT2D eigenvalue weighted by atomic mass is 9.92. The number of carbonyl (C=O) groups is 1. The summed E-state index contributed by atoms with van der Waals surface area (Å²) in [6.07, 6.45) is 3.72. The molecule has 1 saturated heterocycles. The van der Waals surface area contributed by atoms with Gasteiger partial charge in [0.25, 0.3) is 0 Å². The molecule has 0 radical (unpaired) electrons. The van der Waals surface area contributed by atoms with Crippen molar-refractivity contribution in [1.29, 1.82) is 0 Å². The molecule has 2 heterocycles. The topological polar surface area (TPSA) is 42.1 Å². The van der Waals surface area contributed by atoms with Gasteiger partial charge in [-0.2, -0.15) is 0 Å². The molecule has 1 aliphatic heterocycles. The Kier molecular flexibility index (Phi) is 3.22. The van der Waals surface area contributed by atoms with Crippen LogP contribution in [-0.2, 0) is 4.74 Å². The highest BCUT2D eigenvalue weighted by Crippen LogP contribution is 2.26. The Balaban J connectivity index is 1.96. The number of ketones is 1. The average Bonchev–Trinajstić information content (AvgIpc) is 2.81. The molecule has 3 nitrogen and oxygen atoms in total. The zero-order valence-electron chi connectivity index (χ0n) is 9.91. The van der Waals surface area contributed by atoms with Gasteiger partial charge < -0.3 is 9.72 Å². The third-order valence-corrected chi connectivity index (χ3v) is 3.93. The molecule has 1 unspecified atom stereocenters. The van der Waals surface area contributed by atoms with Crippen LogP contribution >= 0.6 is 15.9 Å². The third kappa shape index (κ3) is 2.10. The maximum Gasteiger partial charge on any atom is 0.170 e. The van der Waals surface area contributed by atoms with Crippen LogP contribution < -0.4 is 0 Å². The number of nitrogens with one attached hydrogen (secondary N) is 1. The van der Waals surface area contributed by atoms with Crippen molar-refractivity contribution in [3.8, 4) is 0 Å². The van der Waals surface area contributed by atoms with E-state index in [0.29, 0.717) is 6.61 Å². The summed E-state index contributed by atoms with van der Waals surface area (Å²) in [6.45, 7) is 1.34. The maximum atomic E-state index is 12.4. The molecule has 3 rings (SSSR count). The summed E-state index contributed by atoms with van der Waals surface area (Å²) in [7, 11) is 0. The fourth-order valence-corrected chi connectivity index (χ4v) is 2.83. The molecule has 1 atom stereocenters. The van der Waals surface area contributed by atoms with E-state index in [-0.39, 0.29) is 11.7 Å². The molecule has 1 fully saturated rings. The summed E-state index contributed by atoms with van der Waals surface area (Å²) in [5.74, 6) is 0.213. The molecule has 1 aromatic heterocycles. The number of Topliss-reactive ketones (excluding diaryl/α,β-unsaturated/α-hetero) is 1. The summed E-state index contributed by atoms with van der Waals surface area (Å²) < 4.78 is 6.40. The van der Waals surface area contributed by atoms with Gasteiger partial charge in [-0.1, -0.05) is 22.0 Å². The second-order valence-electron chi connectivity index (χ2n) is 4.67. The normalized spacial score (nSPS) is 20.2. The number of hydrogen-bond acceptors (Lipinski definition) is 2. The first-order valence-corrected chi connectivity index (χ1v) is 6.93. The van der Waals surface area contributed by atoms with E-state index in [2.05, 4.69) is 20.9 Å². The number of fused-ring (bicyclic) bond motifs is 1. The fraction of sp³-hybridized carbons (Fsp3) is 0.357. The molecule has 4 heteroatoms. The van der Waals surface area contributed by atoms with Gasteiger partial charge in [-0.3, -0.25) is 4.79 Å². The predicted octanol–water partition coefficient (Wildman–Crippen LogP) is 3.54. The van der Waals surface area contributed by atoms with Crippen molar-refractivity contribution in [1.82, 2.24) is 4.98 Å². The Labute approximate surface area is 114 Å². The van der Waals surface area contributed by atoms with Crippen molar-refractivity contribution in [2.45, 2.75) is 12.8 Å². The van der Waals surface area contributed by atoms with Gasteiger partial charge in [0.15, 0.2) is 5.78 Å². The first-order valence-electron chi connectivity index (χ1n) is 6.14. The van der Waals surface area contributed by atoms with Crippen molar-refractivity contribution >= 4 is 32.6 Å².